The lowest BCUT2D eigenvalue weighted by molar-refractivity contribution is -0.139. The Morgan fingerprint density at radius 2 is 1.88 bits per heavy atom. The Balaban J connectivity index is 4.44. The summed E-state index contributed by atoms with van der Waals surface area (Å²) in [5.41, 5.74) is 0. The fraction of sp³-hybridized carbons (Fsp3) is 0.818. The number of carboxylic acid groups (broad SMARTS) is 1. The highest BCUT2D eigenvalue weighted by molar-refractivity contribution is 5.82. The molecule has 16 heavy (non-hydrogen) atoms. The van der Waals surface area contributed by atoms with Crippen LogP contribution in [0.15, 0.2) is 0 Å². The van der Waals surface area contributed by atoms with Crippen LogP contribution in [-0.2, 0) is 4.79 Å². The molecule has 0 radical (unpaired) electrons. The molecule has 0 fully saturated rings. The molecule has 0 unspecified atom stereocenters. The SMILES string of the molecule is CCCN(C(=O)N[C@H](CC)C(=O)O)C(C)C. The minimum absolute atomic E-state index is 0.0752. The first-order valence-electron chi connectivity index (χ1n) is 5.73. The summed E-state index contributed by atoms with van der Waals surface area (Å²) >= 11 is 0. The highest BCUT2D eigenvalue weighted by Gasteiger charge is 2.22. The van der Waals surface area contributed by atoms with Crippen LogP contribution in [0.3, 0.4) is 0 Å². The van der Waals surface area contributed by atoms with E-state index in [0.29, 0.717) is 13.0 Å². The number of amides is 2. The number of nitrogens with one attached hydrogen (secondary N) is 1. The largest absolute Gasteiger partial charge is 0.480 e. The first-order valence-corrected chi connectivity index (χ1v) is 5.73. The van der Waals surface area contributed by atoms with Gasteiger partial charge in [-0.05, 0) is 26.7 Å². The van der Waals surface area contributed by atoms with Crippen molar-refractivity contribution >= 4 is 12.0 Å². The van der Waals surface area contributed by atoms with E-state index in [-0.39, 0.29) is 12.1 Å². The van der Waals surface area contributed by atoms with Crippen molar-refractivity contribution < 1.29 is 14.7 Å². The van der Waals surface area contributed by atoms with Crippen LogP contribution >= 0.6 is 0 Å². The molecule has 0 aliphatic rings. The normalized spacial score (nSPS) is 12.3. The van der Waals surface area contributed by atoms with Gasteiger partial charge in [0.15, 0.2) is 0 Å². The zero-order chi connectivity index (χ0) is 12.7. The van der Waals surface area contributed by atoms with E-state index < -0.39 is 12.0 Å². The standard InChI is InChI=1S/C11H22N2O3/c1-5-7-13(8(3)4)11(16)12-9(6-2)10(14)15/h8-9H,5-7H2,1-4H3,(H,12,16)(H,14,15)/t9-/m1/s1. The third-order valence-electron chi connectivity index (χ3n) is 2.35. The van der Waals surface area contributed by atoms with E-state index >= 15 is 0 Å². The number of carbonyl (C=O) groups is 2. The number of urea groups is 1. The minimum atomic E-state index is -0.990. The molecule has 2 amide bonds. The summed E-state index contributed by atoms with van der Waals surface area (Å²) in [5.74, 6) is -0.990. The maximum absolute atomic E-state index is 11.8. The maximum Gasteiger partial charge on any atom is 0.326 e. The number of aliphatic carboxylic acids is 1. The Morgan fingerprint density at radius 1 is 1.31 bits per heavy atom. The molecule has 2 N–H and O–H groups in total. The van der Waals surface area contributed by atoms with Gasteiger partial charge in [-0.15, -0.1) is 0 Å². The zero-order valence-corrected chi connectivity index (χ0v) is 10.5. The smallest absolute Gasteiger partial charge is 0.326 e. The average Bonchev–Trinajstić information content (AvgIpc) is 2.21. The average molecular weight is 230 g/mol. The summed E-state index contributed by atoms with van der Waals surface area (Å²) in [6.45, 7) is 8.18. The van der Waals surface area contributed by atoms with Crippen LogP contribution in [0.4, 0.5) is 4.79 Å². The topological polar surface area (TPSA) is 69.6 Å². The third kappa shape index (κ3) is 4.51. The number of carbonyl (C=O) groups excluding carboxylic acids is 1. The van der Waals surface area contributed by atoms with E-state index in [1.807, 2.05) is 20.8 Å². The van der Waals surface area contributed by atoms with Gasteiger partial charge in [0.25, 0.3) is 0 Å². The van der Waals surface area contributed by atoms with E-state index in [1.54, 1.807) is 11.8 Å². The lowest BCUT2D eigenvalue weighted by Gasteiger charge is -2.27. The summed E-state index contributed by atoms with van der Waals surface area (Å²) in [4.78, 5) is 24.2. The fourth-order valence-corrected chi connectivity index (χ4v) is 1.41. The number of carboxylic acids is 1. The third-order valence-corrected chi connectivity index (χ3v) is 2.35. The van der Waals surface area contributed by atoms with Crippen molar-refractivity contribution in [3.63, 3.8) is 0 Å². The molecule has 94 valence electrons. The quantitative estimate of drug-likeness (QED) is 0.729. The molecular weight excluding hydrogens is 208 g/mol. The van der Waals surface area contributed by atoms with Gasteiger partial charge in [0.05, 0.1) is 0 Å². The van der Waals surface area contributed by atoms with E-state index in [9.17, 15) is 9.59 Å². The first-order chi connectivity index (χ1) is 7.43. The summed E-state index contributed by atoms with van der Waals surface area (Å²) in [5, 5.41) is 11.4. The molecule has 0 spiro atoms. The van der Waals surface area contributed by atoms with E-state index in [1.165, 1.54) is 0 Å². The van der Waals surface area contributed by atoms with Crippen LogP contribution in [0.5, 0.6) is 0 Å². The van der Waals surface area contributed by atoms with E-state index in [0.717, 1.165) is 6.42 Å². The van der Waals surface area contributed by atoms with Gasteiger partial charge >= 0.3 is 12.0 Å². The van der Waals surface area contributed by atoms with Gasteiger partial charge in [0, 0.05) is 12.6 Å². The van der Waals surface area contributed by atoms with Gasteiger partial charge < -0.3 is 15.3 Å². The van der Waals surface area contributed by atoms with E-state index in [4.69, 9.17) is 5.11 Å². The number of hydrogen-bond donors (Lipinski definition) is 2. The van der Waals surface area contributed by atoms with Crippen LogP contribution < -0.4 is 5.32 Å². The number of rotatable bonds is 6. The van der Waals surface area contributed by atoms with E-state index in [2.05, 4.69) is 5.32 Å². The summed E-state index contributed by atoms with van der Waals surface area (Å²) in [6, 6.07) is -1.03. The Morgan fingerprint density at radius 3 is 2.19 bits per heavy atom. The van der Waals surface area contributed by atoms with Crippen LogP contribution in [-0.4, -0.2) is 40.6 Å². The van der Waals surface area contributed by atoms with Crippen molar-refractivity contribution in [3.8, 4) is 0 Å². The Labute approximate surface area is 96.8 Å². The second-order valence-corrected chi connectivity index (χ2v) is 4.04. The molecule has 0 aliphatic carbocycles. The van der Waals surface area contributed by atoms with Crippen LogP contribution in [0, 0.1) is 0 Å². The van der Waals surface area contributed by atoms with Gasteiger partial charge in [0.1, 0.15) is 6.04 Å². The second-order valence-electron chi connectivity index (χ2n) is 4.04. The van der Waals surface area contributed by atoms with Crippen LogP contribution in [0.1, 0.15) is 40.5 Å². The predicted octanol–water partition coefficient (Wildman–Crippen LogP) is 1.68. The lowest BCUT2D eigenvalue weighted by atomic mass is 10.2. The highest BCUT2D eigenvalue weighted by atomic mass is 16.4. The molecule has 5 nitrogen and oxygen atoms in total. The molecule has 5 heteroatoms. The Kier molecular flexibility index (Phi) is 6.53. The molecule has 0 aromatic heterocycles. The summed E-state index contributed by atoms with van der Waals surface area (Å²) < 4.78 is 0. The van der Waals surface area contributed by atoms with Crippen molar-refractivity contribution in [2.45, 2.75) is 52.6 Å². The summed E-state index contributed by atoms with van der Waals surface area (Å²) in [7, 11) is 0. The molecule has 0 heterocycles. The molecule has 1 atom stereocenters. The fourth-order valence-electron chi connectivity index (χ4n) is 1.41. The molecule has 0 aromatic carbocycles. The minimum Gasteiger partial charge on any atom is -0.480 e. The van der Waals surface area contributed by atoms with Gasteiger partial charge in [-0.2, -0.15) is 0 Å². The van der Waals surface area contributed by atoms with Gasteiger partial charge in [-0.1, -0.05) is 13.8 Å². The Bertz CT molecular complexity index is 241. The monoisotopic (exact) mass is 230 g/mol. The molecule has 0 saturated carbocycles. The molecule has 0 aromatic rings. The lowest BCUT2D eigenvalue weighted by Crippen LogP contribution is -2.50. The molecule has 0 aliphatic heterocycles. The van der Waals surface area contributed by atoms with Crippen molar-refractivity contribution in [2.75, 3.05) is 6.54 Å². The van der Waals surface area contributed by atoms with Gasteiger partial charge in [-0.3, -0.25) is 0 Å². The zero-order valence-electron chi connectivity index (χ0n) is 10.5. The van der Waals surface area contributed by atoms with Gasteiger partial charge in [-0.25, -0.2) is 9.59 Å². The van der Waals surface area contributed by atoms with Crippen molar-refractivity contribution in [3.05, 3.63) is 0 Å². The predicted molar refractivity (Wildman–Crippen MR) is 62.4 cm³/mol. The first kappa shape index (κ1) is 14.7. The molecule has 0 bridgehead atoms. The van der Waals surface area contributed by atoms with Gasteiger partial charge in [0.2, 0.25) is 0 Å². The Hall–Kier alpha value is -1.26. The maximum atomic E-state index is 11.8. The highest BCUT2D eigenvalue weighted by Crippen LogP contribution is 2.02. The molecule has 0 rings (SSSR count). The van der Waals surface area contributed by atoms with Crippen molar-refractivity contribution in [1.82, 2.24) is 10.2 Å². The summed E-state index contributed by atoms with van der Waals surface area (Å²) in [6.07, 6.45) is 1.24. The second kappa shape index (κ2) is 7.09. The number of hydrogen-bond acceptors (Lipinski definition) is 2. The number of nitrogens with zero attached hydrogens (tertiary/aromatic N) is 1. The van der Waals surface area contributed by atoms with Crippen LogP contribution in [0.25, 0.3) is 0 Å². The molecular formula is C11H22N2O3. The molecule has 0 saturated heterocycles. The van der Waals surface area contributed by atoms with Crippen molar-refractivity contribution in [1.29, 1.82) is 0 Å². The van der Waals surface area contributed by atoms with Crippen molar-refractivity contribution in [2.24, 2.45) is 0 Å². The van der Waals surface area contributed by atoms with Crippen LogP contribution in [0.2, 0.25) is 0 Å².